The van der Waals surface area contributed by atoms with E-state index in [1.165, 1.54) is 6.42 Å². The first kappa shape index (κ1) is 22.9. The molecule has 1 atom stereocenters. The lowest BCUT2D eigenvalue weighted by Crippen LogP contribution is -2.18. The summed E-state index contributed by atoms with van der Waals surface area (Å²) in [6.07, 6.45) is 6.36. The predicted octanol–water partition coefficient (Wildman–Crippen LogP) is 6.48. The van der Waals surface area contributed by atoms with Crippen molar-refractivity contribution >= 4 is 27.7 Å². The summed E-state index contributed by atoms with van der Waals surface area (Å²) in [6.45, 7) is 4.31. The fraction of sp³-hybridized carbons (Fsp3) is 0.320. The van der Waals surface area contributed by atoms with Gasteiger partial charge in [0, 0.05) is 16.0 Å². The number of halogens is 1. The first-order valence-corrected chi connectivity index (χ1v) is 11.5. The van der Waals surface area contributed by atoms with Crippen molar-refractivity contribution in [3.63, 3.8) is 0 Å². The van der Waals surface area contributed by atoms with Crippen LogP contribution in [0.4, 0.5) is 5.82 Å². The Morgan fingerprint density at radius 2 is 1.81 bits per heavy atom. The molecule has 31 heavy (non-hydrogen) atoms. The third kappa shape index (κ3) is 6.62. The van der Waals surface area contributed by atoms with Crippen LogP contribution in [0.5, 0.6) is 5.75 Å². The molecular weight excluding hydrogens is 454 g/mol. The molecule has 6 heteroatoms. The monoisotopic (exact) mass is 481 g/mol. The van der Waals surface area contributed by atoms with Gasteiger partial charge in [0.05, 0.1) is 24.0 Å². The summed E-state index contributed by atoms with van der Waals surface area (Å²) in [4.78, 5) is 22.1. The van der Waals surface area contributed by atoms with Crippen molar-refractivity contribution in [3.8, 4) is 17.0 Å². The van der Waals surface area contributed by atoms with Crippen LogP contribution in [0.25, 0.3) is 11.3 Å². The Labute approximate surface area is 192 Å². The molecule has 1 heterocycles. The number of nitrogens with zero attached hydrogens (tertiary/aromatic N) is 2. The predicted molar refractivity (Wildman–Crippen MR) is 128 cm³/mol. The minimum atomic E-state index is -0.115. The van der Waals surface area contributed by atoms with E-state index in [0.29, 0.717) is 5.82 Å². The van der Waals surface area contributed by atoms with Crippen molar-refractivity contribution in [2.75, 3.05) is 5.32 Å². The zero-order valence-electron chi connectivity index (χ0n) is 17.9. The Hall–Kier alpha value is -2.73. The van der Waals surface area contributed by atoms with Gasteiger partial charge in [0.25, 0.3) is 0 Å². The standard InChI is InChI=1S/C25H28BrN3O2/c1-3-4-5-6-17(2)24-25(29-23(31)15-18-7-11-20(26)12-8-18)27-16-22(28-24)19-9-13-21(30)14-10-19/h7-14,16-17,30H,3-6,15H2,1-2H3,(H,27,29,31). The van der Waals surface area contributed by atoms with Crippen LogP contribution in [-0.2, 0) is 11.2 Å². The zero-order valence-corrected chi connectivity index (χ0v) is 19.5. The van der Waals surface area contributed by atoms with E-state index in [0.717, 1.165) is 46.2 Å². The summed E-state index contributed by atoms with van der Waals surface area (Å²) < 4.78 is 0.982. The average Bonchev–Trinajstić information content (AvgIpc) is 2.76. The maximum absolute atomic E-state index is 12.7. The lowest BCUT2D eigenvalue weighted by Gasteiger charge is -2.17. The van der Waals surface area contributed by atoms with Gasteiger partial charge < -0.3 is 10.4 Å². The molecule has 0 saturated heterocycles. The van der Waals surface area contributed by atoms with E-state index in [2.05, 4.69) is 40.1 Å². The van der Waals surface area contributed by atoms with Crippen LogP contribution in [0.1, 0.15) is 56.7 Å². The van der Waals surface area contributed by atoms with Gasteiger partial charge >= 0.3 is 0 Å². The highest BCUT2D eigenvalue weighted by molar-refractivity contribution is 9.10. The maximum Gasteiger partial charge on any atom is 0.229 e. The summed E-state index contributed by atoms with van der Waals surface area (Å²) >= 11 is 3.41. The third-order valence-electron chi connectivity index (χ3n) is 5.21. The van der Waals surface area contributed by atoms with Crippen LogP contribution in [0.15, 0.2) is 59.2 Å². The van der Waals surface area contributed by atoms with Crippen molar-refractivity contribution < 1.29 is 9.90 Å². The SMILES string of the molecule is CCCCCC(C)c1nc(-c2ccc(O)cc2)cnc1NC(=O)Cc1ccc(Br)cc1. The molecule has 0 bridgehead atoms. The Balaban J connectivity index is 1.83. The van der Waals surface area contributed by atoms with Crippen LogP contribution < -0.4 is 5.32 Å². The van der Waals surface area contributed by atoms with Gasteiger partial charge in [0.1, 0.15) is 5.75 Å². The average molecular weight is 482 g/mol. The first-order chi connectivity index (χ1) is 15.0. The van der Waals surface area contributed by atoms with Gasteiger partial charge in [0.2, 0.25) is 5.91 Å². The molecule has 0 fully saturated rings. The molecule has 5 nitrogen and oxygen atoms in total. The largest absolute Gasteiger partial charge is 0.508 e. The number of phenolic OH excluding ortho intramolecular Hbond substituents is 1. The molecule has 2 aromatic carbocycles. The number of phenols is 1. The number of nitrogens with one attached hydrogen (secondary N) is 1. The van der Waals surface area contributed by atoms with Gasteiger partial charge in [-0.2, -0.15) is 0 Å². The number of carbonyl (C=O) groups excluding carboxylic acids is 1. The molecule has 1 amide bonds. The second kappa shape index (κ2) is 11.0. The maximum atomic E-state index is 12.7. The smallest absolute Gasteiger partial charge is 0.229 e. The summed E-state index contributed by atoms with van der Waals surface area (Å²) in [6, 6.07) is 14.6. The molecule has 2 N–H and O–H groups in total. The molecule has 1 unspecified atom stereocenters. The molecular formula is C25H28BrN3O2. The Morgan fingerprint density at radius 3 is 2.48 bits per heavy atom. The second-order valence-corrected chi connectivity index (χ2v) is 8.70. The van der Waals surface area contributed by atoms with E-state index >= 15 is 0 Å². The van der Waals surface area contributed by atoms with E-state index in [-0.39, 0.29) is 24.0 Å². The minimum absolute atomic E-state index is 0.115. The Morgan fingerprint density at radius 1 is 1.10 bits per heavy atom. The fourth-order valence-corrected chi connectivity index (χ4v) is 3.68. The number of amides is 1. The van der Waals surface area contributed by atoms with E-state index in [1.807, 2.05) is 36.4 Å². The normalized spacial score (nSPS) is 11.8. The number of rotatable bonds is 9. The Bertz CT molecular complexity index is 1000. The number of benzene rings is 2. The summed E-state index contributed by atoms with van der Waals surface area (Å²) in [7, 11) is 0. The van der Waals surface area contributed by atoms with Crippen molar-refractivity contribution in [1.29, 1.82) is 0 Å². The van der Waals surface area contributed by atoms with Gasteiger partial charge in [-0.1, -0.05) is 61.2 Å². The number of hydrogen-bond acceptors (Lipinski definition) is 4. The van der Waals surface area contributed by atoms with E-state index in [9.17, 15) is 9.90 Å². The fourth-order valence-electron chi connectivity index (χ4n) is 3.42. The summed E-state index contributed by atoms with van der Waals surface area (Å²) in [5, 5.41) is 12.5. The van der Waals surface area contributed by atoms with E-state index in [4.69, 9.17) is 4.98 Å². The zero-order chi connectivity index (χ0) is 22.2. The highest BCUT2D eigenvalue weighted by atomic mass is 79.9. The molecule has 0 saturated carbocycles. The molecule has 0 spiro atoms. The number of unbranched alkanes of at least 4 members (excludes halogenated alkanes) is 2. The first-order valence-electron chi connectivity index (χ1n) is 10.7. The molecule has 3 aromatic rings. The van der Waals surface area contributed by atoms with Crippen LogP contribution >= 0.6 is 15.9 Å². The van der Waals surface area contributed by atoms with Crippen molar-refractivity contribution in [2.45, 2.75) is 51.9 Å². The van der Waals surface area contributed by atoms with Crippen molar-refractivity contribution in [2.24, 2.45) is 0 Å². The van der Waals surface area contributed by atoms with Gasteiger partial charge in [-0.05, 0) is 48.4 Å². The summed E-state index contributed by atoms with van der Waals surface area (Å²) in [5.74, 6) is 0.783. The highest BCUT2D eigenvalue weighted by Crippen LogP contribution is 2.29. The van der Waals surface area contributed by atoms with Crippen LogP contribution in [0.2, 0.25) is 0 Å². The number of aromatic nitrogens is 2. The quantitative estimate of drug-likeness (QED) is 0.343. The highest BCUT2D eigenvalue weighted by Gasteiger charge is 2.18. The number of aromatic hydroxyl groups is 1. The van der Waals surface area contributed by atoms with E-state index < -0.39 is 0 Å². The van der Waals surface area contributed by atoms with E-state index in [1.54, 1.807) is 18.3 Å². The van der Waals surface area contributed by atoms with Crippen molar-refractivity contribution in [3.05, 3.63) is 70.5 Å². The summed E-state index contributed by atoms with van der Waals surface area (Å²) in [5.41, 5.74) is 3.33. The molecule has 0 aliphatic rings. The number of hydrogen-bond donors (Lipinski definition) is 2. The van der Waals surface area contributed by atoms with Crippen LogP contribution in [0, 0.1) is 0 Å². The molecule has 0 radical (unpaired) electrons. The minimum Gasteiger partial charge on any atom is -0.508 e. The van der Waals surface area contributed by atoms with Gasteiger partial charge in [-0.15, -0.1) is 0 Å². The lowest BCUT2D eigenvalue weighted by molar-refractivity contribution is -0.115. The third-order valence-corrected chi connectivity index (χ3v) is 5.73. The molecule has 162 valence electrons. The second-order valence-electron chi connectivity index (χ2n) is 7.78. The van der Waals surface area contributed by atoms with Crippen LogP contribution in [0.3, 0.4) is 0 Å². The number of anilines is 1. The van der Waals surface area contributed by atoms with Gasteiger partial charge in [-0.3, -0.25) is 4.79 Å². The van der Waals surface area contributed by atoms with Gasteiger partial charge in [-0.25, -0.2) is 9.97 Å². The Kier molecular flexibility index (Phi) is 8.18. The number of carbonyl (C=O) groups is 1. The molecule has 0 aliphatic carbocycles. The topological polar surface area (TPSA) is 75.1 Å². The molecule has 1 aromatic heterocycles. The van der Waals surface area contributed by atoms with Crippen LogP contribution in [-0.4, -0.2) is 21.0 Å². The van der Waals surface area contributed by atoms with Crippen molar-refractivity contribution in [1.82, 2.24) is 9.97 Å². The lowest BCUT2D eigenvalue weighted by atomic mass is 9.99. The molecule has 0 aliphatic heterocycles. The van der Waals surface area contributed by atoms with Gasteiger partial charge in [0.15, 0.2) is 5.82 Å². The molecule has 3 rings (SSSR count).